The quantitative estimate of drug-likeness (QED) is 0.771. The summed E-state index contributed by atoms with van der Waals surface area (Å²) in [5.41, 5.74) is 1.29. The first kappa shape index (κ1) is 15.4. The van der Waals surface area contributed by atoms with Crippen molar-refractivity contribution in [3.05, 3.63) is 42.6 Å². The maximum absolute atomic E-state index is 4.63. The monoisotopic (exact) mass is 314 g/mol. The van der Waals surface area contributed by atoms with Crippen LogP contribution in [0, 0.1) is 0 Å². The van der Waals surface area contributed by atoms with Gasteiger partial charge in [0.1, 0.15) is 5.82 Å². The van der Waals surface area contributed by atoms with Gasteiger partial charge in [-0.25, -0.2) is 4.98 Å². The Morgan fingerprint density at radius 2 is 1.86 bits per heavy atom. The Bertz CT molecular complexity index is 609. The number of para-hydroxylation sites is 1. The lowest BCUT2D eigenvalue weighted by molar-refractivity contribution is -0.888. The molecule has 1 aromatic heterocycles. The number of rotatable bonds is 5. The summed E-state index contributed by atoms with van der Waals surface area (Å²) >= 11 is 1.82. The van der Waals surface area contributed by atoms with Crippen LogP contribution in [0.25, 0.3) is 0 Å². The van der Waals surface area contributed by atoms with Gasteiger partial charge < -0.3 is 9.38 Å². The number of hydrogen-bond acceptors (Lipinski definition) is 3. The Morgan fingerprint density at radius 1 is 1.09 bits per heavy atom. The first-order valence-electron chi connectivity index (χ1n) is 7.92. The van der Waals surface area contributed by atoms with Crippen LogP contribution >= 0.6 is 11.8 Å². The summed E-state index contributed by atoms with van der Waals surface area (Å²) in [7, 11) is 4.60. The molecule has 22 heavy (non-hydrogen) atoms. The molecule has 0 bridgehead atoms. The van der Waals surface area contributed by atoms with Crippen LogP contribution in [0.3, 0.4) is 0 Å². The van der Waals surface area contributed by atoms with Crippen molar-refractivity contribution in [2.45, 2.75) is 23.1 Å². The van der Waals surface area contributed by atoms with Crippen molar-refractivity contribution >= 4 is 23.3 Å². The minimum absolute atomic E-state index is 1.02. The number of fused-ring (bicyclic) bond motifs is 2. The smallest absolute Gasteiger partial charge is 0.147 e. The molecule has 2 aromatic rings. The number of benzene rings is 1. The van der Waals surface area contributed by atoms with E-state index in [2.05, 4.69) is 61.2 Å². The molecular weight excluding hydrogens is 290 g/mol. The van der Waals surface area contributed by atoms with Crippen molar-refractivity contribution in [2.75, 3.05) is 38.6 Å². The van der Waals surface area contributed by atoms with E-state index in [1.807, 2.05) is 24.0 Å². The van der Waals surface area contributed by atoms with Gasteiger partial charge in [-0.3, -0.25) is 0 Å². The molecule has 0 fully saturated rings. The van der Waals surface area contributed by atoms with E-state index in [1.54, 1.807) is 0 Å². The SMILES string of the molecule is CC[N+](C)(C)CCCN1c2ccccc2Sc2cccnc21. The standard InChI is InChI=1S/C18H24N3S/c1-4-21(2,3)14-8-13-20-15-9-5-6-10-16(15)22-17-11-7-12-19-18(17)20/h5-7,9-12H,4,8,13-14H2,1-3H3/q+1. The fourth-order valence-electron chi connectivity index (χ4n) is 2.70. The number of quaternary nitrogens is 1. The highest BCUT2D eigenvalue weighted by Gasteiger charge is 2.24. The van der Waals surface area contributed by atoms with Gasteiger partial charge in [-0.05, 0) is 31.2 Å². The summed E-state index contributed by atoms with van der Waals surface area (Å²) in [4.78, 5) is 9.60. The molecule has 0 aliphatic carbocycles. The molecule has 1 aliphatic heterocycles. The first-order chi connectivity index (χ1) is 10.6. The third kappa shape index (κ3) is 3.13. The number of nitrogens with zero attached hydrogens (tertiary/aromatic N) is 3. The Balaban J connectivity index is 1.84. The topological polar surface area (TPSA) is 16.1 Å². The molecule has 4 heteroatoms. The van der Waals surface area contributed by atoms with Crippen molar-refractivity contribution in [2.24, 2.45) is 0 Å². The summed E-state index contributed by atoms with van der Waals surface area (Å²) in [6.45, 7) is 5.62. The Kier molecular flexibility index (Phi) is 4.41. The molecule has 116 valence electrons. The second-order valence-corrected chi connectivity index (χ2v) is 7.46. The van der Waals surface area contributed by atoms with Crippen molar-refractivity contribution in [1.29, 1.82) is 0 Å². The van der Waals surface area contributed by atoms with E-state index in [0.717, 1.165) is 23.3 Å². The van der Waals surface area contributed by atoms with E-state index in [0.29, 0.717) is 0 Å². The second kappa shape index (κ2) is 6.31. The molecule has 2 heterocycles. The van der Waals surface area contributed by atoms with Crippen LogP contribution in [0.15, 0.2) is 52.4 Å². The van der Waals surface area contributed by atoms with Crippen molar-refractivity contribution < 1.29 is 4.48 Å². The van der Waals surface area contributed by atoms with Crippen LogP contribution in [-0.4, -0.2) is 43.2 Å². The average molecular weight is 314 g/mol. The largest absolute Gasteiger partial charge is 0.329 e. The predicted molar refractivity (Wildman–Crippen MR) is 93.9 cm³/mol. The highest BCUT2D eigenvalue weighted by Crippen LogP contribution is 2.46. The van der Waals surface area contributed by atoms with Gasteiger partial charge in [0.2, 0.25) is 0 Å². The molecule has 0 unspecified atom stereocenters. The van der Waals surface area contributed by atoms with Crippen molar-refractivity contribution in [3.63, 3.8) is 0 Å². The highest BCUT2D eigenvalue weighted by atomic mass is 32.2. The summed E-state index contributed by atoms with van der Waals surface area (Å²) in [6.07, 6.45) is 3.06. The van der Waals surface area contributed by atoms with Gasteiger partial charge in [-0.15, -0.1) is 0 Å². The maximum Gasteiger partial charge on any atom is 0.147 e. The Labute approximate surface area is 137 Å². The molecule has 0 spiro atoms. The van der Waals surface area contributed by atoms with E-state index in [9.17, 15) is 0 Å². The van der Waals surface area contributed by atoms with Crippen molar-refractivity contribution in [1.82, 2.24) is 4.98 Å². The lowest BCUT2D eigenvalue weighted by atomic mass is 10.2. The molecule has 0 atom stereocenters. The van der Waals surface area contributed by atoms with Crippen molar-refractivity contribution in [3.8, 4) is 0 Å². The summed E-state index contributed by atoms with van der Waals surface area (Å²) < 4.78 is 1.07. The number of hydrogen-bond donors (Lipinski definition) is 0. The fourth-order valence-corrected chi connectivity index (χ4v) is 3.77. The zero-order valence-corrected chi connectivity index (χ0v) is 14.4. The fraction of sp³-hybridized carbons (Fsp3) is 0.389. The van der Waals surface area contributed by atoms with Gasteiger partial charge in [0.05, 0.1) is 37.8 Å². The zero-order chi connectivity index (χ0) is 15.6. The molecule has 0 saturated carbocycles. The Hall–Kier alpha value is -1.52. The first-order valence-corrected chi connectivity index (χ1v) is 8.74. The molecule has 1 aliphatic rings. The summed E-state index contributed by atoms with van der Waals surface area (Å²) in [5, 5.41) is 0. The van der Waals surface area contributed by atoms with E-state index >= 15 is 0 Å². The van der Waals surface area contributed by atoms with Gasteiger partial charge in [-0.2, -0.15) is 0 Å². The van der Waals surface area contributed by atoms with Gasteiger partial charge in [0.15, 0.2) is 0 Å². The molecule has 3 rings (SSSR count). The van der Waals surface area contributed by atoms with Crippen LogP contribution in [-0.2, 0) is 0 Å². The third-order valence-corrected chi connectivity index (χ3v) is 5.49. The van der Waals surface area contributed by atoms with E-state index in [4.69, 9.17) is 0 Å². The third-order valence-electron chi connectivity index (χ3n) is 4.38. The average Bonchev–Trinajstić information content (AvgIpc) is 2.54. The molecule has 0 N–H and O–H groups in total. The van der Waals surface area contributed by atoms with Gasteiger partial charge in [0.25, 0.3) is 0 Å². The molecular formula is C18H24N3S+. The second-order valence-electron chi connectivity index (χ2n) is 6.38. The molecule has 0 saturated heterocycles. The zero-order valence-electron chi connectivity index (χ0n) is 13.6. The van der Waals surface area contributed by atoms with Gasteiger partial charge in [-0.1, -0.05) is 23.9 Å². The summed E-state index contributed by atoms with van der Waals surface area (Å²) in [5.74, 6) is 1.10. The molecule has 3 nitrogen and oxygen atoms in total. The van der Waals surface area contributed by atoms with E-state index in [-0.39, 0.29) is 0 Å². The maximum atomic E-state index is 4.63. The van der Waals surface area contributed by atoms with E-state index in [1.165, 1.54) is 28.6 Å². The molecule has 1 aromatic carbocycles. The highest BCUT2D eigenvalue weighted by molar-refractivity contribution is 7.99. The van der Waals surface area contributed by atoms with Crippen LogP contribution in [0.1, 0.15) is 13.3 Å². The minimum Gasteiger partial charge on any atom is -0.329 e. The van der Waals surface area contributed by atoms with E-state index < -0.39 is 0 Å². The Morgan fingerprint density at radius 3 is 2.68 bits per heavy atom. The number of anilines is 2. The lowest BCUT2D eigenvalue weighted by Crippen LogP contribution is -2.41. The van der Waals surface area contributed by atoms with Crippen LogP contribution in [0.5, 0.6) is 0 Å². The van der Waals surface area contributed by atoms with Gasteiger partial charge >= 0.3 is 0 Å². The minimum atomic E-state index is 1.02. The number of pyridine rings is 1. The molecule has 0 amide bonds. The predicted octanol–water partition coefficient (Wildman–Crippen LogP) is 4.17. The van der Waals surface area contributed by atoms with Crippen LogP contribution < -0.4 is 4.90 Å². The lowest BCUT2D eigenvalue weighted by Gasteiger charge is -2.33. The number of aromatic nitrogens is 1. The van der Waals surface area contributed by atoms with Gasteiger partial charge in [0, 0.05) is 24.1 Å². The molecule has 0 radical (unpaired) electrons. The van der Waals surface area contributed by atoms with Crippen LogP contribution in [0.4, 0.5) is 11.5 Å². The normalized spacial score (nSPS) is 13.7. The summed E-state index contributed by atoms with van der Waals surface area (Å²) in [6, 6.07) is 12.8. The van der Waals surface area contributed by atoms with Crippen LogP contribution in [0.2, 0.25) is 0 Å².